The van der Waals surface area contributed by atoms with Gasteiger partial charge in [-0.15, -0.1) is 0 Å². The Morgan fingerprint density at radius 1 is 0.655 bits per heavy atom. The van der Waals surface area contributed by atoms with E-state index in [0.29, 0.717) is 15.1 Å². The summed E-state index contributed by atoms with van der Waals surface area (Å²) in [5.41, 5.74) is 6.06. The van der Waals surface area contributed by atoms with Crippen molar-refractivity contribution in [3.63, 3.8) is 0 Å². The lowest BCUT2D eigenvalue weighted by molar-refractivity contribution is 1.51. The maximum Gasteiger partial charge on any atom is 0.0598 e. The first kappa shape index (κ1) is 18.4. The van der Waals surface area contributed by atoms with Gasteiger partial charge in [0, 0.05) is 43.8 Å². The predicted molar refractivity (Wildman–Crippen MR) is 126 cm³/mol. The van der Waals surface area contributed by atoms with Crippen LogP contribution >= 0.6 is 34.8 Å². The van der Waals surface area contributed by atoms with Crippen LogP contribution in [0.1, 0.15) is 0 Å². The molecule has 0 radical (unpaired) electrons. The van der Waals surface area contributed by atoms with E-state index in [-0.39, 0.29) is 0 Å². The molecular formula is C24H15Cl3N2. The minimum Gasteiger partial charge on any atom is -0.355 e. The number of para-hydroxylation sites is 1. The Morgan fingerprint density at radius 2 is 1.45 bits per heavy atom. The lowest BCUT2D eigenvalue weighted by Crippen LogP contribution is -1.94. The minimum atomic E-state index is 0.525. The summed E-state index contributed by atoms with van der Waals surface area (Å²) in [6, 6.07) is 25.9. The van der Waals surface area contributed by atoms with Crippen molar-refractivity contribution in [2.75, 3.05) is 5.32 Å². The largest absolute Gasteiger partial charge is 0.355 e. The molecule has 5 aromatic rings. The molecule has 1 aromatic heterocycles. The second kappa shape index (κ2) is 7.31. The summed E-state index contributed by atoms with van der Waals surface area (Å²) in [7, 11) is 0. The number of halogens is 3. The Morgan fingerprint density at radius 3 is 2.24 bits per heavy atom. The number of aromatic amines is 1. The quantitative estimate of drug-likeness (QED) is 0.290. The molecule has 0 unspecified atom stereocenters. The van der Waals surface area contributed by atoms with Crippen molar-refractivity contribution in [1.82, 2.24) is 4.98 Å². The van der Waals surface area contributed by atoms with Crippen LogP contribution in [0.3, 0.4) is 0 Å². The number of rotatable bonds is 3. The molecular weight excluding hydrogens is 423 g/mol. The third kappa shape index (κ3) is 3.44. The van der Waals surface area contributed by atoms with Crippen LogP contribution in [0.15, 0.2) is 78.9 Å². The normalized spacial score (nSPS) is 11.3. The number of H-pyrrole nitrogens is 1. The van der Waals surface area contributed by atoms with Crippen molar-refractivity contribution in [2.45, 2.75) is 0 Å². The first-order valence-electron chi connectivity index (χ1n) is 9.11. The van der Waals surface area contributed by atoms with Crippen LogP contribution < -0.4 is 5.32 Å². The monoisotopic (exact) mass is 436 g/mol. The maximum absolute atomic E-state index is 6.31. The molecule has 0 saturated heterocycles. The van der Waals surface area contributed by atoms with Crippen LogP contribution in [0.4, 0.5) is 11.4 Å². The second-order valence-electron chi connectivity index (χ2n) is 6.88. The molecule has 0 spiro atoms. The number of hydrogen-bond acceptors (Lipinski definition) is 1. The zero-order chi connectivity index (χ0) is 20.0. The highest BCUT2D eigenvalue weighted by Gasteiger charge is 2.13. The van der Waals surface area contributed by atoms with Crippen molar-refractivity contribution in [1.29, 1.82) is 0 Å². The zero-order valence-electron chi connectivity index (χ0n) is 15.1. The van der Waals surface area contributed by atoms with Gasteiger partial charge in [-0.3, -0.25) is 0 Å². The van der Waals surface area contributed by atoms with Crippen LogP contribution in [0, 0.1) is 0 Å². The van der Waals surface area contributed by atoms with Gasteiger partial charge in [0.1, 0.15) is 0 Å². The molecule has 0 bridgehead atoms. The van der Waals surface area contributed by atoms with Crippen LogP contribution in [0.25, 0.3) is 32.9 Å². The third-order valence-electron chi connectivity index (χ3n) is 4.98. The summed E-state index contributed by atoms with van der Waals surface area (Å²) in [6.45, 7) is 0. The molecule has 0 amide bonds. The van der Waals surface area contributed by atoms with E-state index in [0.717, 1.165) is 44.3 Å². The first-order chi connectivity index (χ1) is 14.1. The van der Waals surface area contributed by atoms with E-state index in [2.05, 4.69) is 22.4 Å². The molecule has 5 heteroatoms. The topological polar surface area (TPSA) is 27.8 Å². The van der Waals surface area contributed by atoms with Gasteiger partial charge in [-0.25, -0.2) is 0 Å². The van der Waals surface area contributed by atoms with Gasteiger partial charge in [-0.1, -0.05) is 59.1 Å². The standard InChI is InChI=1S/C24H15Cl3N2/c25-15-7-9-22-18(11-15)19-12-17(14-6-8-20(26)21(27)10-14)23(13-24(19)29-22)28-16-4-2-1-3-5-16/h1-13,28-29H. The molecule has 4 aromatic carbocycles. The van der Waals surface area contributed by atoms with Gasteiger partial charge in [0.25, 0.3) is 0 Å². The summed E-state index contributed by atoms with van der Waals surface area (Å²) in [5, 5.41) is 7.48. The van der Waals surface area contributed by atoms with E-state index in [9.17, 15) is 0 Å². The van der Waals surface area contributed by atoms with Crippen LogP contribution in [-0.2, 0) is 0 Å². The van der Waals surface area contributed by atoms with E-state index < -0.39 is 0 Å². The fourth-order valence-corrected chi connectivity index (χ4v) is 4.07. The molecule has 0 aliphatic rings. The number of nitrogens with one attached hydrogen (secondary N) is 2. The van der Waals surface area contributed by atoms with Crippen molar-refractivity contribution >= 4 is 68.0 Å². The highest BCUT2D eigenvalue weighted by Crippen LogP contribution is 2.39. The molecule has 142 valence electrons. The SMILES string of the molecule is Clc1ccc2[nH]c3cc(Nc4ccccc4)c(-c4ccc(Cl)c(Cl)c4)cc3c2c1. The van der Waals surface area contributed by atoms with Crippen molar-refractivity contribution < 1.29 is 0 Å². The summed E-state index contributed by atoms with van der Waals surface area (Å²) < 4.78 is 0. The van der Waals surface area contributed by atoms with Crippen molar-refractivity contribution in [3.8, 4) is 11.1 Å². The number of anilines is 2. The Kier molecular flexibility index (Phi) is 4.63. The van der Waals surface area contributed by atoms with Crippen LogP contribution in [0.2, 0.25) is 15.1 Å². The molecule has 0 aliphatic carbocycles. The van der Waals surface area contributed by atoms with Crippen LogP contribution in [-0.4, -0.2) is 4.98 Å². The number of fused-ring (bicyclic) bond motifs is 3. The van der Waals surface area contributed by atoms with E-state index in [1.165, 1.54) is 0 Å². The number of hydrogen-bond donors (Lipinski definition) is 2. The van der Waals surface area contributed by atoms with Crippen LogP contribution in [0.5, 0.6) is 0 Å². The third-order valence-corrected chi connectivity index (χ3v) is 5.96. The van der Waals surface area contributed by atoms with Gasteiger partial charge in [0.2, 0.25) is 0 Å². The Labute approximate surface area is 183 Å². The summed E-state index contributed by atoms with van der Waals surface area (Å²) in [6.07, 6.45) is 0. The lowest BCUT2D eigenvalue weighted by Gasteiger charge is -2.14. The summed E-state index contributed by atoms with van der Waals surface area (Å²) >= 11 is 18.7. The maximum atomic E-state index is 6.31. The van der Waals surface area contributed by atoms with E-state index in [4.69, 9.17) is 34.8 Å². The summed E-state index contributed by atoms with van der Waals surface area (Å²) in [5.74, 6) is 0. The fourth-order valence-electron chi connectivity index (χ4n) is 3.60. The van der Waals surface area contributed by atoms with Gasteiger partial charge in [-0.2, -0.15) is 0 Å². The van der Waals surface area contributed by atoms with Gasteiger partial charge in [-0.05, 0) is 60.2 Å². The average Bonchev–Trinajstić information content (AvgIpc) is 3.07. The zero-order valence-corrected chi connectivity index (χ0v) is 17.4. The Bertz CT molecular complexity index is 1360. The van der Waals surface area contributed by atoms with Crippen molar-refractivity contribution in [2.24, 2.45) is 0 Å². The van der Waals surface area contributed by atoms with Gasteiger partial charge in [0.05, 0.1) is 10.0 Å². The van der Waals surface area contributed by atoms with Gasteiger partial charge >= 0.3 is 0 Å². The number of benzene rings is 4. The molecule has 2 N–H and O–H groups in total. The molecule has 0 atom stereocenters. The van der Waals surface area contributed by atoms with Gasteiger partial charge < -0.3 is 10.3 Å². The second-order valence-corrected chi connectivity index (χ2v) is 8.13. The highest BCUT2D eigenvalue weighted by atomic mass is 35.5. The first-order valence-corrected chi connectivity index (χ1v) is 10.2. The molecule has 0 fully saturated rings. The Hall–Kier alpha value is -2.65. The predicted octanol–water partition coefficient (Wildman–Crippen LogP) is 8.69. The molecule has 29 heavy (non-hydrogen) atoms. The number of aromatic nitrogens is 1. The van der Waals surface area contributed by atoms with E-state index in [1.807, 2.05) is 66.7 Å². The van der Waals surface area contributed by atoms with Gasteiger partial charge in [0.15, 0.2) is 0 Å². The molecule has 1 heterocycles. The van der Waals surface area contributed by atoms with E-state index in [1.54, 1.807) is 0 Å². The van der Waals surface area contributed by atoms with Crippen molar-refractivity contribution in [3.05, 3.63) is 93.9 Å². The Balaban J connectivity index is 1.77. The molecule has 0 aliphatic heterocycles. The van der Waals surface area contributed by atoms with E-state index >= 15 is 0 Å². The molecule has 5 rings (SSSR count). The fraction of sp³-hybridized carbons (Fsp3) is 0. The average molecular weight is 438 g/mol. The minimum absolute atomic E-state index is 0.525. The lowest BCUT2D eigenvalue weighted by atomic mass is 10.00. The summed E-state index contributed by atoms with van der Waals surface area (Å²) in [4.78, 5) is 3.48. The highest BCUT2D eigenvalue weighted by molar-refractivity contribution is 6.42. The smallest absolute Gasteiger partial charge is 0.0598 e. The molecule has 2 nitrogen and oxygen atoms in total. The molecule has 0 saturated carbocycles.